The highest BCUT2D eigenvalue weighted by atomic mass is 16.5. The van der Waals surface area contributed by atoms with Crippen molar-refractivity contribution in [2.24, 2.45) is 5.92 Å². The Balaban J connectivity index is 1.49. The van der Waals surface area contributed by atoms with Crippen molar-refractivity contribution in [1.29, 1.82) is 0 Å². The molecular formula is C24H30N4O3. The van der Waals surface area contributed by atoms with Crippen LogP contribution < -0.4 is 15.1 Å². The van der Waals surface area contributed by atoms with Crippen LogP contribution in [-0.4, -0.2) is 49.9 Å². The Morgan fingerprint density at radius 3 is 2.97 bits per heavy atom. The first kappa shape index (κ1) is 20.3. The molecule has 1 aromatic carbocycles. The average Bonchev–Trinajstić information content (AvgIpc) is 3.21. The van der Waals surface area contributed by atoms with Crippen LogP contribution in [0.5, 0.6) is 0 Å². The van der Waals surface area contributed by atoms with Gasteiger partial charge in [0.05, 0.1) is 37.2 Å². The van der Waals surface area contributed by atoms with Crippen LogP contribution in [0.2, 0.25) is 0 Å². The number of aromatic nitrogens is 1. The smallest absolute Gasteiger partial charge is 0.230 e. The van der Waals surface area contributed by atoms with Crippen LogP contribution >= 0.6 is 0 Å². The first-order chi connectivity index (χ1) is 15.2. The van der Waals surface area contributed by atoms with Crippen molar-refractivity contribution in [3.05, 3.63) is 42.1 Å². The number of morpholine rings is 1. The highest BCUT2D eigenvalue weighted by Crippen LogP contribution is 2.40. The molecule has 7 nitrogen and oxygen atoms in total. The van der Waals surface area contributed by atoms with E-state index in [0.29, 0.717) is 13.2 Å². The maximum absolute atomic E-state index is 13.8. The molecule has 0 bridgehead atoms. The van der Waals surface area contributed by atoms with E-state index < -0.39 is 0 Å². The summed E-state index contributed by atoms with van der Waals surface area (Å²) in [7, 11) is 0. The fourth-order valence-corrected chi connectivity index (χ4v) is 4.90. The number of nitrogens with zero attached hydrogens (tertiary/aromatic N) is 3. The predicted octanol–water partition coefficient (Wildman–Crippen LogP) is 3.71. The van der Waals surface area contributed by atoms with Crippen LogP contribution in [0, 0.1) is 5.92 Å². The highest BCUT2D eigenvalue weighted by Gasteiger charge is 2.35. The fourth-order valence-electron chi connectivity index (χ4n) is 4.90. The number of ether oxygens (including phenoxy) is 2. The van der Waals surface area contributed by atoms with Gasteiger partial charge in [0.15, 0.2) is 0 Å². The van der Waals surface area contributed by atoms with Crippen molar-refractivity contribution >= 4 is 28.8 Å². The zero-order chi connectivity index (χ0) is 21.2. The SMILES string of the molecule is CCO[C@@H]1CC[C@H](C(=O)N2Cc3cccnc3Nc3ccc(N4CCOCC4)cc32)C1. The number of fused-ring (bicyclic) bond motifs is 2. The summed E-state index contributed by atoms with van der Waals surface area (Å²) in [5.41, 5.74) is 3.99. The molecule has 3 aliphatic rings. The molecule has 2 fully saturated rings. The first-order valence-corrected chi connectivity index (χ1v) is 11.3. The number of hydrogen-bond acceptors (Lipinski definition) is 6. The lowest BCUT2D eigenvalue weighted by molar-refractivity contribution is -0.122. The molecule has 1 aliphatic carbocycles. The molecule has 2 aromatic rings. The fraction of sp³-hybridized carbons (Fsp3) is 0.500. The molecule has 1 saturated heterocycles. The summed E-state index contributed by atoms with van der Waals surface area (Å²) in [5.74, 6) is 0.993. The second-order valence-corrected chi connectivity index (χ2v) is 8.45. The van der Waals surface area contributed by atoms with Crippen molar-refractivity contribution < 1.29 is 14.3 Å². The molecule has 0 unspecified atom stereocenters. The van der Waals surface area contributed by atoms with Gasteiger partial charge in [0.25, 0.3) is 0 Å². The second-order valence-electron chi connectivity index (χ2n) is 8.45. The lowest BCUT2D eigenvalue weighted by Gasteiger charge is -2.31. The van der Waals surface area contributed by atoms with Crippen molar-refractivity contribution in [1.82, 2.24) is 4.98 Å². The molecule has 7 heteroatoms. The third-order valence-electron chi connectivity index (χ3n) is 6.52. The van der Waals surface area contributed by atoms with Crippen LogP contribution in [0.3, 0.4) is 0 Å². The second kappa shape index (κ2) is 8.85. The molecule has 2 aliphatic heterocycles. The molecule has 1 saturated carbocycles. The normalized spacial score (nSPS) is 23.0. The average molecular weight is 423 g/mol. The van der Waals surface area contributed by atoms with Gasteiger partial charge in [0, 0.05) is 43.1 Å². The zero-order valence-electron chi connectivity index (χ0n) is 18.0. The van der Waals surface area contributed by atoms with E-state index in [9.17, 15) is 4.79 Å². The summed E-state index contributed by atoms with van der Waals surface area (Å²) >= 11 is 0. The molecule has 164 valence electrons. The summed E-state index contributed by atoms with van der Waals surface area (Å²) in [6.07, 6.45) is 4.61. The van der Waals surface area contributed by atoms with E-state index >= 15 is 0 Å². The van der Waals surface area contributed by atoms with Crippen LogP contribution in [0.4, 0.5) is 22.9 Å². The lowest BCUT2D eigenvalue weighted by Crippen LogP contribution is -2.37. The molecule has 0 spiro atoms. The Morgan fingerprint density at radius 2 is 2.13 bits per heavy atom. The van der Waals surface area contributed by atoms with Crippen molar-refractivity contribution in [3.63, 3.8) is 0 Å². The summed E-state index contributed by atoms with van der Waals surface area (Å²) in [6, 6.07) is 10.3. The third-order valence-corrected chi connectivity index (χ3v) is 6.52. The largest absolute Gasteiger partial charge is 0.378 e. The van der Waals surface area contributed by atoms with Gasteiger partial charge >= 0.3 is 0 Å². The molecule has 1 N–H and O–H groups in total. The Labute approximate surface area is 183 Å². The molecule has 1 aromatic heterocycles. The zero-order valence-corrected chi connectivity index (χ0v) is 18.0. The number of hydrogen-bond donors (Lipinski definition) is 1. The third kappa shape index (κ3) is 4.12. The van der Waals surface area contributed by atoms with Gasteiger partial charge < -0.3 is 24.6 Å². The maximum atomic E-state index is 13.8. The van der Waals surface area contributed by atoms with Gasteiger partial charge in [-0.1, -0.05) is 6.07 Å². The quantitative estimate of drug-likeness (QED) is 0.810. The number of amides is 1. The van der Waals surface area contributed by atoms with Crippen molar-refractivity contribution in [2.75, 3.05) is 48.0 Å². The van der Waals surface area contributed by atoms with E-state index in [1.807, 2.05) is 24.0 Å². The van der Waals surface area contributed by atoms with E-state index in [-0.39, 0.29) is 17.9 Å². The molecular weight excluding hydrogens is 392 g/mol. The molecule has 3 heterocycles. The minimum absolute atomic E-state index is 0.00494. The van der Waals surface area contributed by atoms with Crippen molar-refractivity contribution in [2.45, 2.75) is 38.8 Å². The highest BCUT2D eigenvalue weighted by molar-refractivity contribution is 6.00. The summed E-state index contributed by atoms with van der Waals surface area (Å²) < 4.78 is 11.3. The van der Waals surface area contributed by atoms with Gasteiger partial charge in [-0.3, -0.25) is 4.79 Å². The molecule has 1 amide bonds. The summed E-state index contributed by atoms with van der Waals surface area (Å²) in [6.45, 7) is 6.42. The predicted molar refractivity (Wildman–Crippen MR) is 121 cm³/mol. The van der Waals surface area contributed by atoms with Gasteiger partial charge in [0.1, 0.15) is 5.82 Å². The van der Waals surface area contributed by atoms with Gasteiger partial charge in [-0.25, -0.2) is 4.98 Å². The number of rotatable bonds is 4. The minimum Gasteiger partial charge on any atom is -0.378 e. The van der Waals surface area contributed by atoms with E-state index in [1.54, 1.807) is 6.20 Å². The van der Waals surface area contributed by atoms with Gasteiger partial charge in [-0.05, 0) is 50.5 Å². The molecule has 5 rings (SSSR count). The Bertz CT molecular complexity index is 944. The summed E-state index contributed by atoms with van der Waals surface area (Å²) in [4.78, 5) is 22.6. The number of carbonyl (C=O) groups excluding carboxylic acids is 1. The lowest BCUT2D eigenvalue weighted by atomic mass is 10.0. The van der Waals surface area contributed by atoms with Crippen molar-refractivity contribution in [3.8, 4) is 0 Å². The maximum Gasteiger partial charge on any atom is 0.230 e. The Kier molecular flexibility index (Phi) is 5.78. The minimum atomic E-state index is -0.00494. The van der Waals surface area contributed by atoms with Crippen LogP contribution in [-0.2, 0) is 20.8 Å². The van der Waals surface area contributed by atoms with Crippen LogP contribution in [0.15, 0.2) is 36.5 Å². The van der Waals surface area contributed by atoms with Gasteiger partial charge in [-0.15, -0.1) is 0 Å². The van der Waals surface area contributed by atoms with E-state index in [2.05, 4.69) is 33.4 Å². The number of pyridine rings is 1. The van der Waals surface area contributed by atoms with Gasteiger partial charge in [-0.2, -0.15) is 0 Å². The first-order valence-electron chi connectivity index (χ1n) is 11.3. The molecule has 0 radical (unpaired) electrons. The van der Waals surface area contributed by atoms with Crippen LogP contribution in [0.1, 0.15) is 31.7 Å². The standard InChI is InChI=1S/C24H30N4O3/c1-2-31-20-7-5-17(14-20)24(29)28-16-18-4-3-9-25-23(18)26-21-8-6-19(15-22(21)28)27-10-12-30-13-11-27/h3-4,6,8-9,15,17,20H,2,5,7,10-14,16H2,1H3,(H,25,26)/t17-,20+/m0/s1. The van der Waals surface area contributed by atoms with E-state index in [4.69, 9.17) is 9.47 Å². The van der Waals surface area contributed by atoms with E-state index in [0.717, 1.165) is 74.0 Å². The van der Waals surface area contributed by atoms with E-state index in [1.165, 1.54) is 0 Å². The van der Waals surface area contributed by atoms with Crippen LogP contribution in [0.25, 0.3) is 0 Å². The topological polar surface area (TPSA) is 66.9 Å². The van der Waals surface area contributed by atoms with Gasteiger partial charge in [0.2, 0.25) is 5.91 Å². The summed E-state index contributed by atoms with van der Waals surface area (Å²) in [5, 5.41) is 3.46. The number of benzene rings is 1. The monoisotopic (exact) mass is 422 g/mol. The molecule has 2 atom stereocenters. The number of anilines is 4. The number of nitrogens with one attached hydrogen (secondary N) is 1. The Morgan fingerprint density at radius 1 is 1.26 bits per heavy atom. The molecule has 31 heavy (non-hydrogen) atoms. The Hall–Kier alpha value is -2.64. The number of carbonyl (C=O) groups is 1.